The van der Waals surface area contributed by atoms with E-state index in [9.17, 15) is 4.79 Å². The molecule has 0 saturated carbocycles. The largest absolute Gasteiger partial charge is 0.497 e. The molecule has 3 rings (SSSR count). The van der Waals surface area contributed by atoms with Gasteiger partial charge in [-0.2, -0.15) is 5.10 Å². The zero-order chi connectivity index (χ0) is 23.8. The lowest BCUT2D eigenvalue weighted by molar-refractivity contribution is -0.113. The summed E-state index contributed by atoms with van der Waals surface area (Å²) in [7, 11) is 3.30. The highest BCUT2D eigenvalue weighted by Gasteiger charge is 2.30. The maximum Gasteiger partial charge on any atom is 0.209 e. The number of ketones is 1. The number of benzene rings is 1. The third kappa shape index (κ3) is 5.38. The minimum atomic E-state index is -0.869. The molecule has 1 aliphatic heterocycles. The molecule has 1 unspecified atom stereocenters. The number of hydrogen-bond donors (Lipinski definition) is 3. The van der Waals surface area contributed by atoms with Crippen LogP contribution in [0.5, 0.6) is 5.75 Å². The molecular formula is C26H29N5O2. The van der Waals surface area contributed by atoms with Crippen molar-refractivity contribution in [3.05, 3.63) is 96.5 Å². The van der Waals surface area contributed by atoms with Gasteiger partial charge < -0.3 is 15.4 Å². The van der Waals surface area contributed by atoms with Gasteiger partial charge in [0.2, 0.25) is 5.78 Å². The number of allylic oxidation sites excluding steroid dienone is 6. The first-order chi connectivity index (χ1) is 16.0. The molecule has 170 valence electrons. The number of aromatic nitrogens is 2. The minimum absolute atomic E-state index is 0.167. The SMILES string of the molecule is C=C/C=C(C=C)/C(=C/NC)C(=N)C(=O)C(Nc1cccc(OC)c1)c1cc2n(n1)C=CCC2. The van der Waals surface area contributed by atoms with E-state index in [1.165, 1.54) is 0 Å². The summed E-state index contributed by atoms with van der Waals surface area (Å²) in [6.07, 6.45) is 12.2. The van der Waals surface area contributed by atoms with Gasteiger partial charge in [0.05, 0.1) is 12.8 Å². The molecule has 33 heavy (non-hydrogen) atoms. The average Bonchev–Trinajstić information content (AvgIpc) is 3.28. The van der Waals surface area contributed by atoms with Gasteiger partial charge in [-0.1, -0.05) is 43.5 Å². The van der Waals surface area contributed by atoms with Crippen molar-refractivity contribution in [2.45, 2.75) is 18.9 Å². The number of aryl methyl sites for hydroxylation is 1. The normalized spacial score (nSPS) is 14.1. The Labute approximate surface area is 194 Å². The summed E-state index contributed by atoms with van der Waals surface area (Å²) in [5.74, 6) is 0.238. The van der Waals surface area contributed by atoms with Crippen LogP contribution in [0.3, 0.4) is 0 Å². The molecule has 0 radical (unpaired) electrons. The second-order valence-corrected chi connectivity index (χ2v) is 7.39. The first kappa shape index (κ1) is 23.5. The standard InChI is InChI=1S/C26H29N5O2/c1-5-10-18(6-2)22(17-28-3)24(27)26(32)25(29-19-11-9-13-21(15-19)33-4)23-16-20-12-7-8-14-31(20)30-23/h5-6,8-11,13-17,25,27-29H,1-2,7,12H2,3-4H3/b18-10+,22-17-,27-24?. The molecule has 7 heteroatoms. The van der Waals surface area contributed by atoms with Gasteiger partial charge in [0, 0.05) is 42.5 Å². The topological polar surface area (TPSA) is 92.0 Å². The highest BCUT2D eigenvalue weighted by Crippen LogP contribution is 2.27. The number of Topliss-reactive ketones (excluding diaryl/α,β-unsaturated/α-hetero) is 1. The Balaban J connectivity index is 2.03. The number of carbonyl (C=O) groups excluding carboxylic acids is 1. The van der Waals surface area contributed by atoms with Gasteiger partial charge in [-0.05, 0) is 36.6 Å². The summed E-state index contributed by atoms with van der Waals surface area (Å²) >= 11 is 0. The quantitative estimate of drug-likeness (QED) is 0.352. The van der Waals surface area contributed by atoms with E-state index in [-0.39, 0.29) is 5.71 Å². The molecule has 2 heterocycles. The van der Waals surface area contributed by atoms with Crippen LogP contribution in [-0.2, 0) is 11.2 Å². The fourth-order valence-electron chi connectivity index (χ4n) is 3.59. The van der Waals surface area contributed by atoms with E-state index >= 15 is 0 Å². The molecule has 0 amide bonds. The third-order valence-corrected chi connectivity index (χ3v) is 5.22. The van der Waals surface area contributed by atoms with Crippen molar-refractivity contribution in [3.8, 4) is 5.75 Å². The number of carbonyl (C=O) groups is 1. The van der Waals surface area contributed by atoms with Crippen molar-refractivity contribution in [2.75, 3.05) is 19.5 Å². The number of rotatable bonds is 11. The molecule has 7 nitrogen and oxygen atoms in total. The van der Waals surface area contributed by atoms with E-state index in [0.717, 1.165) is 18.5 Å². The van der Waals surface area contributed by atoms with E-state index in [0.29, 0.717) is 28.3 Å². The Bertz CT molecular complexity index is 1150. The van der Waals surface area contributed by atoms with Crippen LogP contribution in [0.25, 0.3) is 6.20 Å². The summed E-state index contributed by atoms with van der Waals surface area (Å²) in [5, 5.41) is 19.6. The summed E-state index contributed by atoms with van der Waals surface area (Å²) in [6, 6.07) is 8.36. The van der Waals surface area contributed by atoms with E-state index in [1.807, 2.05) is 36.5 Å². The van der Waals surface area contributed by atoms with E-state index < -0.39 is 11.8 Å². The first-order valence-electron chi connectivity index (χ1n) is 10.6. The van der Waals surface area contributed by atoms with E-state index in [4.69, 9.17) is 10.1 Å². The van der Waals surface area contributed by atoms with Gasteiger partial charge in [-0.25, -0.2) is 4.68 Å². The lowest BCUT2D eigenvalue weighted by atomic mass is 9.94. The summed E-state index contributed by atoms with van der Waals surface area (Å²) in [4.78, 5) is 13.7. The molecule has 0 fully saturated rings. The van der Waals surface area contributed by atoms with Gasteiger partial charge >= 0.3 is 0 Å². The van der Waals surface area contributed by atoms with Crippen LogP contribution >= 0.6 is 0 Å². The van der Waals surface area contributed by atoms with Gasteiger partial charge in [-0.15, -0.1) is 0 Å². The number of anilines is 1. The van der Waals surface area contributed by atoms with Crippen molar-refractivity contribution < 1.29 is 9.53 Å². The Morgan fingerprint density at radius 1 is 1.33 bits per heavy atom. The van der Waals surface area contributed by atoms with Gasteiger partial charge in [0.1, 0.15) is 17.5 Å². The maximum atomic E-state index is 13.7. The van der Waals surface area contributed by atoms with Crippen LogP contribution in [0.15, 0.2) is 85.1 Å². The number of methoxy groups -OCH3 is 1. The number of fused-ring (bicyclic) bond motifs is 1. The van der Waals surface area contributed by atoms with E-state index in [1.54, 1.807) is 49.3 Å². The molecule has 0 aliphatic carbocycles. The number of nitrogens with zero attached hydrogens (tertiary/aromatic N) is 2. The zero-order valence-electron chi connectivity index (χ0n) is 19.0. The summed E-state index contributed by atoms with van der Waals surface area (Å²) in [5.41, 5.74) is 3.12. The Morgan fingerprint density at radius 3 is 2.82 bits per heavy atom. The Kier molecular flexibility index (Phi) is 7.81. The second kappa shape index (κ2) is 10.9. The molecule has 0 saturated heterocycles. The highest BCUT2D eigenvalue weighted by atomic mass is 16.5. The van der Waals surface area contributed by atoms with Crippen molar-refractivity contribution in [3.63, 3.8) is 0 Å². The Hall–Kier alpha value is -4.13. The van der Waals surface area contributed by atoms with Gasteiger partial charge in [0.25, 0.3) is 0 Å². The fraction of sp³-hybridized carbons (Fsp3) is 0.192. The van der Waals surface area contributed by atoms with Gasteiger partial charge in [-0.3, -0.25) is 10.2 Å². The molecule has 3 N–H and O–H groups in total. The lowest BCUT2D eigenvalue weighted by Crippen LogP contribution is -2.30. The van der Waals surface area contributed by atoms with Crippen LogP contribution in [0.1, 0.15) is 23.9 Å². The number of nitrogens with one attached hydrogen (secondary N) is 3. The number of hydrogen-bond acceptors (Lipinski definition) is 6. The average molecular weight is 444 g/mol. The van der Waals surface area contributed by atoms with Crippen molar-refractivity contribution in [2.24, 2.45) is 0 Å². The van der Waals surface area contributed by atoms with Gasteiger partial charge in [0.15, 0.2) is 0 Å². The minimum Gasteiger partial charge on any atom is -0.497 e. The molecule has 1 aromatic heterocycles. The smallest absolute Gasteiger partial charge is 0.209 e. The summed E-state index contributed by atoms with van der Waals surface area (Å²) < 4.78 is 7.10. The van der Waals surface area contributed by atoms with Crippen LogP contribution in [0.2, 0.25) is 0 Å². The number of ether oxygens (including phenoxy) is 1. The molecule has 1 aromatic carbocycles. The monoisotopic (exact) mass is 443 g/mol. The molecule has 1 atom stereocenters. The maximum absolute atomic E-state index is 13.7. The Morgan fingerprint density at radius 2 is 2.15 bits per heavy atom. The third-order valence-electron chi connectivity index (χ3n) is 5.22. The predicted octanol–water partition coefficient (Wildman–Crippen LogP) is 4.45. The van der Waals surface area contributed by atoms with Crippen LogP contribution in [-0.4, -0.2) is 35.4 Å². The van der Waals surface area contributed by atoms with Crippen LogP contribution < -0.4 is 15.4 Å². The summed E-state index contributed by atoms with van der Waals surface area (Å²) in [6.45, 7) is 7.53. The van der Waals surface area contributed by atoms with Crippen LogP contribution in [0.4, 0.5) is 5.69 Å². The first-order valence-corrected chi connectivity index (χ1v) is 10.6. The van der Waals surface area contributed by atoms with Crippen molar-refractivity contribution in [1.29, 1.82) is 5.41 Å². The van der Waals surface area contributed by atoms with Crippen molar-refractivity contribution >= 4 is 23.4 Å². The van der Waals surface area contributed by atoms with Crippen molar-refractivity contribution in [1.82, 2.24) is 15.1 Å². The van der Waals surface area contributed by atoms with Crippen LogP contribution in [0, 0.1) is 5.41 Å². The molecular weight excluding hydrogens is 414 g/mol. The molecule has 2 aromatic rings. The molecule has 0 bridgehead atoms. The fourth-order valence-corrected chi connectivity index (χ4v) is 3.59. The lowest BCUT2D eigenvalue weighted by Gasteiger charge is -2.19. The second-order valence-electron chi connectivity index (χ2n) is 7.39. The zero-order valence-corrected chi connectivity index (χ0v) is 19.0. The highest BCUT2D eigenvalue weighted by molar-refractivity contribution is 6.47. The molecule has 0 spiro atoms. The van der Waals surface area contributed by atoms with E-state index in [2.05, 4.69) is 28.9 Å². The predicted molar refractivity (Wildman–Crippen MR) is 134 cm³/mol. The molecule has 1 aliphatic rings.